The van der Waals surface area contributed by atoms with Crippen LogP contribution in [0.25, 0.3) is 0 Å². The molecule has 0 aromatic heterocycles. The smallest absolute Gasteiger partial charge is 0.253 e. The van der Waals surface area contributed by atoms with Crippen LogP contribution in [0.15, 0.2) is 48.5 Å². The van der Waals surface area contributed by atoms with Gasteiger partial charge in [0.1, 0.15) is 0 Å². The van der Waals surface area contributed by atoms with Crippen molar-refractivity contribution >= 4 is 23.2 Å². The van der Waals surface area contributed by atoms with Gasteiger partial charge in [0.05, 0.1) is 5.56 Å². The van der Waals surface area contributed by atoms with Crippen LogP contribution in [0.3, 0.4) is 0 Å². The number of nitrogens with one attached hydrogen (secondary N) is 1. The number of carbonyl (C=O) groups is 1. The second-order valence-electron chi connectivity index (χ2n) is 4.54. The number of nitrogens with two attached hydrogens (primary N) is 1. The molecule has 2 aromatic carbocycles. The number of benzene rings is 2. The first kappa shape index (κ1) is 14.4. The van der Waals surface area contributed by atoms with Crippen molar-refractivity contribution in [3.63, 3.8) is 0 Å². The lowest BCUT2D eigenvalue weighted by Crippen LogP contribution is -2.25. The predicted octanol–water partition coefficient (Wildman–Crippen LogP) is 3.28. The minimum Gasteiger partial charge on any atom is -0.398 e. The van der Waals surface area contributed by atoms with Crippen LogP contribution in [-0.2, 0) is 6.42 Å². The van der Waals surface area contributed by atoms with E-state index in [0.29, 0.717) is 17.8 Å². The number of aryl methyl sites for hydroxylation is 1. The molecule has 0 aliphatic carbocycles. The second-order valence-corrected chi connectivity index (χ2v) is 4.95. The molecule has 2 rings (SSSR count). The Hall–Kier alpha value is -2.00. The van der Waals surface area contributed by atoms with Crippen LogP contribution < -0.4 is 11.1 Å². The summed E-state index contributed by atoms with van der Waals surface area (Å²) < 4.78 is 0. The molecule has 0 saturated heterocycles. The van der Waals surface area contributed by atoms with Crippen molar-refractivity contribution in [1.82, 2.24) is 5.32 Å². The number of hydrogen-bond acceptors (Lipinski definition) is 2. The number of nitrogen functional groups attached to an aromatic ring is 1. The number of hydrogen-bond donors (Lipinski definition) is 2. The highest BCUT2D eigenvalue weighted by Gasteiger charge is 2.07. The summed E-state index contributed by atoms with van der Waals surface area (Å²) in [6.45, 7) is 0.596. The lowest BCUT2D eigenvalue weighted by atomic mass is 10.1. The van der Waals surface area contributed by atoms with E-state index < -0.39 is 0 Å². The molecule has 104 valence electrons. The molecule has 4 heteroatoms. The maximum atomic E-state index is 11.9. The van der Waals surface area contributed by atoms with Gasteiger partial charge in [0.2, 0.25) is 0 Å². The number of carbonyl (C=O) groups excluding carboxylic acids is 1. The third-order valence-electron chi connectivity index (χ3n) is 3.07. The van der Waals surface area contributed by atoms with Crippen LogP contribution in [0.1, 0.15) is 22.3 Å². The summed E-state index contributed by atoms with van der Waals surface area (Å²) in [6, 6.07) is 14.8. The summed E-state index contributed by atoms with van der Waals surface area (Å²) in [6.07, 6.45) is 1.67. The Morgan fingerprint density at radius 1 is 1.10 bits per heavy atom. The van der Waals surface area contributed by atoms with Gasteiger partial charge in [0.25, 0.3) is 5.91 Å². The van der Waals surface area contributed by atoms with Gasteiger partial charge in [0, 0.05) is 17.3 Å². The molecule has 0 unspecified atom stereocenters. The summed E-state index contributed by atoms with van der Waals surface area (Å²) >= 11 is 6.08. The number of para-hydroxylation sites is 1. The van der Waals surface area contributed by atoms with Gasteiger partial charge < -0.3 is 11.1 Å². The van der Waals surface area contributed by atoms with Crippen LogP contribution in [0.2, 0.25) is 5.02 Å². The Bertz CT molecular complexity index is 599. The largest absolute Gasteiger partial charge is 0.398 e. The van der Waals surface area contributed by atoms with E-state index in [-0.39, 0.29) is 5.91 Å². The highest BCUT2D eigenvalue weighted by molar-refractivity contribution is 6.31. The summed E-state index contributed by atoms with van der Waals surface area (Å²) in [7, 11) is 0. The van der Waals surface area contributed by atoms with Crippen LogP contribution in [-0.4, -0.2) is 12.5 Å². The lowest BCUT2D eigenvalue weighted by Gasteiger charge is -2.08. The van der Waals surface area contributed by atoms with E-state index in [1.807, 2.05) is 30.3 Å². The fourth-order valence-corrected chi connectivity index (χ4v) is 2.21. The van der Waals surface area contributed by atoms with Crippen molar-refractivity contribution in [1.29, 1.82) is 0 Å². The third-order valence-corrected chi connectivity index (χ3v) is 3.44. The van der Waals surface area contributed by atoms with Crippen LogP contribution in [0, 0.1) is 0 Å². The fraction of sp³-hybridized carbons (Fsp3) is 0.188. The van der Waals surface area contributed by atoms with Gasteiger partial charge in [-0.15, -0.1) is 0 Å². The van der Waals surface area contributed by atoms with E-state index in [1.54, 1.807) is 18.2 Å². The molecule has 0 heterocycles. The van der Waals surface area contributed by atoms with Gasteiger partial charge in [-0.25, -0.2) is 0 Å². The van der Waals surface area contributed by atoms with Gasteiger partial charge in [-0.1, -0.05) is 41.9 Å². The van der Waals surface area contributed by atoms with Crippen LogP contribution in [0.5, 0.6) is 0 Å². The van der Waals surface area contributed by atoms with Crippen molar-refractivity contribution in [2.75, 3.05) is 12.3 Å². The Balaban J connectivity index is 1.81. The highest BCUT2D eigenvalue weighted by Crippen LogP contribution is 2.16. The summed E-state index contributed by atoms with van der Waals surface area (Å²) in [4.78, 5) is 11.9. The van der Waals surface area contributed by atoms with Crippen molar-refractivity contribution in [2.24, 2.45) is 0 Å². The van der Waals surface area contributed by atoms with Crippen molar-refractivity contribution < 1.29 is 4.79 Å². The first-order chi connectivity index (χ1) is 9.68. The van der Waals surface area contributed by atoms with Crippen molar-refractivity contribution in [3.8, 4) is 0 Å². The van der Waals surface area contributed by atoms with Crippen molar-refractivity contribution in [3.05, 3.63) is 64.7 Å². The molecular weight excluding hydrogens is 272 g/mol. The number of amides is 1. The maximum absolute atomic E-state index is 11.9. The van der Waals surface area contributed by atoms with Gasteiger partial charge in [-0.3, -0.25) is 4.79 Å². The average molecular weight is 289 g/mol. The van der Waals surface area contributed by atoms with E-state index in [0.717, 1.165) is 23.4 Å². The Kier molecular flexibility index (Phi) is 5.02. The third kappa shape index (κ3) is 3.75. The molecule has 2 aromatic rings. The van der Waals surface area contributed by atoms with E-state index in [2.05, 4.69) is 5.32 Å². The average Bonchev–Trinajstić information content (AvgIpc) is 2.45. The molecule has 0 aliphatic rings. The lowest BCUT2D eigenvalue weighted by molar-refractivity contribution is 0.0954. The molecule has 0 fully saturated rings. The molecular formula is C16H17ClN2O. The Labute approximate surface area is 123 Å². The monoisotopic (exact) mass is 288 g/mol. The van der Waals surface area contributed by atoms with Crippen LogP contribution >= 0.6 is 11.6 Å². The fourth-order valence-electron chi connectivity index (χ4n) is 1.98. The Morgan fingerprint density at radius 2 is 1.80 bits per heavy atom. The number of rotatable bonds is 5. The highest BCUT2D eigenvalue weighted by atomic mass is 35.5. The molecule has 0 saturated carbocycles. The SMILES string of the molecule is Nc1ccccc1C(=O)NCCCc1ccccc1Cl. The molecule has 1 amide bonds. The predicted molar refractivity (Wildman–Crippen MR) is 83.0 cm³/mol. The summed E-state index contributed by atoms with van der Waals surface area (Å²) in [5.74, 6) is -0.137. The molecule has 3 nitrogen and oxygen atoms in total. The van der Waals surface area contributed by atoms with E-state index in [4.69, 9.17) is 17.3 Å². The first-order valence-corrected chi connectivity index (χ1v) is 6.92. The molecule has 3 N–H and O–H groups in total. The van der Waals surface area contributed by atoms with Gasteiger partial charge >= 0.3 is 0 Å². The Morgan fingerprint density at radius 3 is 2.55 bits per heavy atom. The van der Waals surface area contributed by atoms with Gasteiger partial charge in [-0.05, 0) is 36.6 Å². The molecule has 0 aliphatic heterocycles. The molecule has 0 atom stereocenters. The van der Waals surface area contributed by atoms with E-state index in [1.165, 1.54) is 0 Å². The topological polar surface area (TPSA) is 55.1 Å². The molecule has 0 radical (unpaired) electrons. The normalized spacial score (nSPS) is 10.2. The molecule has 20 heavy (non-hydrogen) atoms. The minimum absolute atomic E-state index is 0.137. The zero-order valence-corrected chi connectivity index (χ0v) is 11.9. The number of anilines is 1. The standard InChI is InChI=1S/C16H17ClN2O/c17-14-9-3-1-6-12(14)7-5-11-19-16(20)13-8-2-4-10-15(13)18/h1-4,6,8-10H,5,7,11,18H2,(H,19,20). The zero-order valence-electron chi connectivity index (χ0n) is 11.1. The van der Waals surface area contributed by atoms with E-state index >= 15 is 0 Å². The summed E-state index contributed by atoms with van der Waals surface area (Å²) in [5.41, 5.74) is 7.87. The van der Waals surface area contributed by atoms with Crippen LogP contribution in [0.4, 0.5) is 5.69 Å². The summed E-state index contributed by atoms with van der Waals surface area (Å²) in [5, 5.41) is 3.64. The maximum Gasteiger partial charge on any atom is 0.253 e. The first-order valence-electron chi connectivity index (χ1n) is 6.54. The quantitative estimate of drug-likeness (QED) is 0.655. The molecule has 0 bridgehead atoms. The second kappa shape index (κ2) is 6.96. The van der Waals surface area contributed by atoms with Gasteiger partial charge in [-0.2, -0.15) is 0 Å². The number of halogens is 1. The van der Waals surface area contributed by atoms with E-state index in [9.17, 15) is 4.79 Å². The zero-order chi connectivity index (χ0) is 14.4. The molecule has 0 spiro atoms. The van der Waals surface area contributed by atoms with Gasteiger partial charge in [0.15, 0.2) is 0 Å². The van der Waals surface area contributed by atoms with Crippen molar-refractivity contribution in [2.45, 2.75) is 12.8 Å². The minimum atomic E-state index is -0.137.